The van der Waals surface area contributed by atoms with Crippen LogP contribution in [0.5, 0.6) is 0 Å². The quantitative estimate of drug-likeness (QED) is 0.633. The maximum Gasteiger partial charge on any atom is 0.123 e. The van der Waals surface area contributed by atoms with E-state index in [2.05, 4.69) is 33.8 Å². The van der Waals surface area contributed by atoms with Gasteiger partial charge in [0.15, 0.2) is 0 Å². The van der Waals surface area contributed by atoms with E-state index < -0.39 is 0 Å². The SMILES string of the molecule is CCC1=C(C)/C(=C/c2ccc(F)cc2)CCC1(C)C. The molecular weight excluding hydrogens is 235 g/mol. The van der Waals surface area contributed by atoms with Crippen molar-refractivity contribution in [3.05, 3.63) is 52.4 Å². The molecule has 0 heterocycles. The van der Waals surface area contributed by atoms with E-state index in [0.717, 1.165) is 18.4 Å². The third kappa shape index (κ3) is 2.97. The summed E-state index contributed by atoms with van der Waals surface area (Å²) in [6.45, 7) is 9.14. The van der Waals surface area contributed by atoms with Gasteiger partial charge in [-0.3, -0.25) is 0 Å². The molecule has 0 unspecified atom stereocenters. The Morgan fingerprint density at radius 2 is 1.84 bits per heavy atom. The Hall–Kier alpha value is -1.37. The first kappa shape index (κ1) is 14.0. The molecule has 1 aliphatic rings. The molecule has 0 atom stereocenters. The highest BCUT2D eigenvalue weighted by atomic mass is 19.1. The predicted octanol–water partition coefficient (Wildman–Crippen LogP) is 5.76. The third-order valence-corrected chi connectivity index (χ3v) is 4.34. The molecule has 102 valence electrons. The average Bonchev–Trinajstić information content (AvgIpc) is 2.36. The summed E-state index contributed by atoms with van der Waals surface area (Å²) in [6, 6.07) is 6.75. The van der Waals surface area contributed by atoms with Crippen LogP contribution in [0.25, 0.3) is 6.08 Å². The highest BCUT2D eigenvalue weighted by Crippen LogP contribution is 2.44. The number of benzene rings is 1. The van der Waals surface area contributed by atoms with Crippen LogP contribution in [0.15, 0.2) is 41.0 Å². The highest BCUT2D eigenvalue weighted by molar-refractivity contribution is 5.60. The maximum absolute atomic E-state index is 12.9. The Labute approximate surface area is 116 Å². The molecule has 19 heavy (non-hydrogen) atoms. The molecule has 1 heteroatoms. The number of rotatable bonds is 2. The van der Waals surface area contributed by atoms with Gasteiger partial charge in [0.05, 0.1) is 0 Å². The lowest BCUT2D eigenvalue weighted by Crippen LogP contribution is -2.21. The molecule has 0 amide bonds. The summed E-state index contributed by atoms with van der Waals surface area (Å²) in [6.07, 6.45) is 5.62. The van der Waals surface area contributed by atoms with Gasteiger partial charge in [-0.2, -0.15) is 0 Å². The second-order valence-electron chi connectivity index (χ2n) is 6.06. The minimum atomic E-state index is -0.173. The van der Waals surface area contributed by atoms with E-state index in [9.17, 15) is 4.39 Å². The lowest BCUT2D eigenvalue weighted by atomic mass is 9.70. The lowest BCUT2D eigenvalue weighted by Gasteiger charge is -2.35. The molecule has 1 aromatic rings. The number of allylic oxidation sites excluding steroid dienone is 3. The predicted molar refractivity (Wildman–Crippen MR) is 80.4 cm³/mol. The van der Waals surface area contributed by atoms with Crippen molar-refractivity contribution in [2.24, 2.45) is 5.41 Å². The summed E-state index contributed by atoms with van der Waals surface area (Å²) < 4.78 is 12.9. The molecular formula is C18H23F. The van der Waals surface area contributed by atoms with Crippen molar-refractivity contribution in [1.82, 2.24) is 0 Å². The van der Waals surface area contributed by atoms with Crippen LogP contribution < -0.4 is 0 Å². The highest BCUT2D eigenvalue weighted by Gasteiger charge is 2.28. The first-order valence-electron chi connectivity index (χ1n) is 7.11. The molecule has 1 aromatic carbocycles. The van der Waals surface area contributed by atoms with Gasteiger partial charge in [0.25, 0.3) is 0 Å². The van der Waals surface area contributed by atoms with E-state index in [1.165, 1.54) is 29.7 Å². The van der Waals surface area contributed by atoms with E-state index in [1.54, 1.807) is 5.57 Å². The minimum Gasteiger partial charge on any atom is -0.207 e. The topological polar surface area (TPSA) is 0 Å². The summed E-state index contributed by atoms with van der Waals surface area (Å²) in [5, 5.41) is 0. The van der Waals surface area contributed by atoms with Crippen LogP contribution in [0.1, 0.15) is 52.5 Å². The van der Waals surface area contributed by atoms with Crippen LogP contribution in [-0.4, -0.2) is 0 Å². The van der Waals surface area contributed by atoms with Crippen molar-refractivity contribution in [3.8, 4) is 0 Å². The molecule has 0 saturated carbocycles. The van der Waals surface area contributed by atoms with Gasteiger partial charge in [0.1, 0.15) is 5.82 Å². The largest absolute Gasteiger partial charge is 0.207 e. The van der Waals surface area contributed by atoms with E-state index in [4.69, 9.17) is 0 Å². The molecule has 0 saturated heterocycles. The van der Waals surface area contributed by atoms with E-state index >= 15 is 0 Å². The second-order valence-corrected chi connectivity index (χ2v) is 6.06. The van der Waals surface area contributed by atoms with Gasteiger partial charge >= 0.3 is 0 Å². The van der Waals surface area contributed by atoms with Crippen molar-refractivity contribution in [1.29, 1.82) is 0 Å². The van der Waals surface area contributed by atoms with Crippen LogP contribution in [0, 0.1) is 11.2 Å². The van der Waals surface area contributed by atoms with Crippen LogP contribution in [0.2, 0.25) is 0 Å². The Kier molecular flexibility index (Phi) is 3.93. The Bertz CT molecular complexity index is 515. The fourth-order valence-electron chi connectivity index (χ4n) is 3.17. The normalized spacial score (nSPS) is 21.0. The zero-order valence-corrected chi connectivity index (χ0v) is 12.4. The molecule has 0 nitrogen and oxygen atoms in total. The van der Waals surface area contributed by atoms with Crippen LogP contribution in [0.4, 0.5) is 4.39 Å². The van der Waals surface area contributed by atoms with Crippen molar-refractivity contribution >= 4 is 6.08 Å². The van der Waals surface area contributed by atoms with Gasteiger partial charge < -0.3 is 0 Å². The molecule has 0 aliphatic heterocycles. The second kappa shape index (κ2) is 5.32. The standard InChI is InChI=1S/C18H23F/c1-5-17-13(2)15(10-11-18(17,3)4)12-14-6-8-16(19)9-7-14/h6-9,12H,5,10-11H2,1-4H3/b15-12+. The Morgan fingerprint density at radius 3 is 2.42 bits per heavy atom. The molecule has 0 N–H and O–H groups in total. The van der Waals surface area contributed by atoms with Crippen LogP contribution >= 0.6 is 0 Å². The Morgan fingerprint density at radius 1 is 1.21 bits per heavy atom. The number of halogens is 1. The van der Waals surface area contributed by atoms with Crippen molar-refractivity contribution in [2.45, 2.75) is 47.0 Å². The zero-order chi connectivity index (χ0) is 14.0. The molecule has 2 rings (SSSR count). The van der Waals surface area contributed by atoms with Crippen molar-refractivity contribution in [3.63, 3.8) is 0 Å². The molecule has 1 aliphatic carbocycles. The first-order valence-corrected chi connectivity index (χ1v) is 7.11. The minimum absolute atomic E-state index is 0.173. The third-order valence-electron chi connectivity index (χ3n) is 4.34. The summed E-state index contributed by atoms with van der Waals surface area (Å²) in [4.78, 5) is 0. The average molecular weight is 258 g/mol. The summed E-state index contributed by atoms with van der Waals surface area (Å²) in [5.74, 6) is -0.173. The van der Waals surface area contributed by atoms with Gasteiger partial charge in [0.2, 0.25) is 0 Å². The van der Waals surface area contributed by atoms with E-state index in [0.29, 0.717) is 5.41 Å². The van der Waals surface area contributed by atoms with Gasteiger partial charge in [-0.15, -0.1) is 0 Å². The summed E-state index contributed by atoms with van der Waals surface area (Å²) >= 11 is 0. The van der Waals surface area contributed by atoms with E-state index in [1.807, 2.05) is 12.1 Å². The molecule has 0 aromatic heterocycles. The summed E-state index contributed by atoms with van der Waals surface area (Å²) in [7, 11) is 0. The molecule has 0 bridgehead atoms. The fourth-order valence-corrected chi connectivity index (χ4v) is 3.17. The summed E-state index contributed by atoms with van der Waals surface area (Å²) in [5.41, 5.74) is 5.81. The number of hydrogen-bond donors (Lipinski definition) is 0. The van der Waals surface area contributed by atoms with Gasteiger partial charge in [-0.05, 0) is 60.4 Å². The first-order chi connectivity index (χ1) is 8.94. The monoisotopic (exact) mass is 258 g/mol. The van der Waals surface area contributed by atoms with Crippen molar-refractivity contribution in [2.75, 3.05) is 0 Å². The van der Waals surface area contributed by atoms with Crippen LogP contribution in [-0.2, 0) is 0 Å². The van der Waals surface area contributed by atoms with Gasteiger partial charge in [0, 0.05) is 0 Å². The smallest absolute Gasteiger partial charge is 0.123 e. The van der Waals surface area contributed by atoms with Crippen molar-refractivity contribution < 1.29 is 4.39 Å². The molecule has 0 spiro atoms. The molecule has 0 fully saturated rings. The molecule has 0 radical (unpaired) electrons. The lowest BCUT2D eigenvalue weighted by molar-refractivity contribution is 0.381. The van der Waals surface area contributed by atoms with Gasteiger partial charge in [-0.1, -0.05) is 44.6 Å². The zero-order valence-electron chi connectivity index (χ0n) is 12.4. The Balaban J connectivity index is 2.38. The van der Waals surface area contributed by atoms with Gasteiger partial charge in [-0.25, -0.2) is 4.39 Å². The van der Waals surface area contributed by atoms with Crippen LogP contribution in [0.3, 0.4) is 0 Å². The van der Waals surface area contributed by atoms with E-state index in [-0.39, 0.29) is 5.82 Å². The fraction of sp³-hybridized carbons (Fsp3) is 0.444. The maximum atomic E-state index is 12.9. The number of hydrogen-bond acceptors (Lipinski definition) is 0.